The quantitative estimate of drug-likeness (QED) is 0.0936. The predicted molar refractivity (Wildman–Crippen MR) is 186 cm³/mol. The summed E-state index contributed by atoms with van der Waals surface area (Å²) in [7, 11) is 0. The number of ketones is 1. The fourth-order valence-corrected chi connectivity index (χ4v) is 6.98. The van der Waals surface area contributed by atoms with Crippen molar-refractivity contribution in [2.24, 2.45) is 11.8 Å². The van der Waals surface area contributed by atoms with Crippen LogP contribution in [0.2, 0.25) is 0 Å². The van der Waals surface area contributed by atoms with E-state index in [-0.39, 0.29) is 48.9 Å². The van der Waals surface area contributed by atoms with Crippen molar-refractivity contribution >= 4 is 54.2 Å². The molecule has 1 N–H and O–H groups in total. The standard InChI is InChI=1S/C24H18N5S.C13H24O2.Ir/c1-24(2,3)17-12-15(11-14-7-4-5-8-16(14)17)18-21-19(27-13-26-18)20-22(30-21)29-10-6-9-25-23(29)28-20;1-5-10(6-2)12(14)9-13(15)11(7-3)8-4;/h4-10,12-13H,1-3H3;9-11,14H,5-8H2,1-4H3;/q-1;;/b;12-9-;. The second-order valence-electron chi connectivity index (χ2n) is 12.4. The number of benzene rings is 2. The first-order valence-corrected chi connectivity index (χ1v) is 16.7. The number of rotatable bonds is 8. The molecule has 0 bridgehead atoms. The molecule has 0 aliphatic carbocycles. The molecular weight excluding hydrogens is 771 g/mol. The van der Waals surface area contributed by atoms with Gasteiger partial charge in [0.25, 0.3) is 0 Å². The van der Waals surface area contributed by atoms with Gasteiger partial charge in [-0.1, -0.05) is 77.6 Å². The number of aliphatic hydroxyl groups excluding tert-OH is 1. The van der Waals surface area contributed by atoms with Gasteiger partial charge in [-0.3, -0.25) is 14.2 Å². The second-order valence-corrected chi connectivity index (χ2v) is 13.4. The maximum absolute atomic E-state index is 11.7. The number of thiophene rings is 1. The Morgan fingerprint density at radius 3 is 2.35 bits per heavy atom. The summed E-state index contributed by atoms with van der Waals surface area (Å²) in [6, 6.07) is 16.2. The van der Waals surface area contributed by atoms with Crippen LogP contribution >= 0.6 is 11.3 Å². The maximum atomic E-state index is 11.7. The monoisotopic (exact) mass is 813 g/mol. The molecular formula is C37H42IrN5O2S-. The molecule has 0 aliphatic rings. The fraction of sp³-hybridized carbons (Fsp3) is 0.378. The molecule has 0 unspecified atom stereocenters. The van der Waals surface area contributed by atoms with Crippen LogP contribution in [0.25, 0.3) is 48.4 Å². The summed E-state index contributed by atoms with van der Waals surface area (Å²) in [4.78, 5) is 31.1. The average molecular weight is 813 g/mol. The molecule has 0 saturated heterocycles. The second kappa shape index (κ2) is 14.9. The third kappa shape index (κ3) is 7.07. The number of hydrogen-bond donors (Lipinski definition) is 1. The molecule has 9 heteroatoms. The van der Waals surface area contributed by atoms with Crippen LogP contribution in [0.4, 0.5) is 0 Å². The van der Waals surface area contributed by atoms with Gasteiger partial charge in [0.2, 0.25) is 5.78 Å². The smallest absolute Gasteiger partial charge is 0.235 e. The van der Waals surface area contributed by atoms with Crippen molar-refractivity contribution in [1.29, 1.82) is 0 Å². The summed E-state index contributed by atoms with van der Waals surface area (Å²) in [5.41, 5.74) is 4.91. The van der Waals surface area contributed by atoms with Gasteiger partial charge in [-0.15, -0.1) is 40.5 Å². The van der Waals surface area contributed by atoms with Crippen molar-refractivity contribution in [3.05, 3.63) is 78.6 Å². The minimum atomic E-state index is 0. The number of aliphatic hydroxyl groups is 1. The van der Waals surface area contributed by atoms with E-state index < -0.39 is 0 Å². The Hall–Kier alpha value is -3.52. The predicted octanol–water partition coefficient (Wildman–Crippen LogP) is 9.67. The van der Waals surface area contributed by atoms with Gasteiger partial charge >= 0.3 is 0 Å². The minimum absolute atomic E-state index is 0. The molecule has 0 spiro atoms. The van der Waals surface area contributed by atoms with Gasteiger partial charge < -0.3 is 5.11 Å². The Labute approximate surface area is 288 Å². The van der Waals surface area contributed by atoms with Crippen LogP contribution in [0.15, 0.2) is 67.0 Å². The molecule has 0 saturated carbocycles. The van der Waals surface area contributed by atoms with E-state index in [9.17, 15) is 9.90 Å². The molecule has 1 radical (unpaired) electrons. The number of carbonyl (C=O) groups is 1. The Bertz CT molecular complexity index is 2000. The number of imidazole rings is 1. The Balaban J connectivity index is 0.000000259. The van der Waals surface area contributed by atoms with E-state index in [1.807, 2.05) is 44.4 Å². The van der Waals surface area contributed by atoms with E-state index in [0.29, 0.717) is 5.78 Å². The first-order chi connectivity index (χ1) is 21.6. The van der Waals surface area contributed by atoms with Crippen LogP contribution in [0.3, 0.4) is 0 Å². The Morgan fingerprint density at radius 2 is 1.67 bits per heavy atom. The van der Waals surface area contributed by atoms with E-state index in [2.05, 4.69) is 72.1 Å². The molecule has 2 aromatic carbocycles. The summed E-state index contributed by atoms with van der Waals surface area (Å²) < 4.78 is 3.04. The first kappa shape index (κ1) is 35.3. The molecule has 6 rings (SSSR count). The van der Waals surface area contributed by atoms with E-state index in [4.69, 9.17) is 4.98 Å². The van der Waals surface area contributed by atoms with Gasteiger partial charge in [0.15, 0.2) is 5.78 Å². The first-order valence-electron chi connectivity index (χ1n) is 15.9. The van der Waals surface area contributed by atoms with E-state index in [0.717, 1.165) is 62.9 Å². The van der Waals surface area contributed by atoms with Crippen LogP contribution in [0.5, 0.6) is 0 Å². The van der Waals surface area contributed by atoms with Gasteiger partial charge in [0, 0.05) is 60.8 Å². The van der Waals surface area contributed by atoms with E-state index in [1.165, 1.54) is 17.0 Å². The molecule has 0 amide bonds. The molecule has 0 atom stereocenters. The molecule has 6 aromatic rings. The number of aromatic nitrogens is 5. The van der Waals surface area contributed by atoms with Gasteiger partial charge in [0.1, 0.15) is 22.2 Å². The van der Waals surface area contributed by atoms with Gasteiger partial charge in [0.05, 0.1) is 5.76 Å². The zero-order valence-electron chi connectivity index (χ0n) is 27.6. The zero-order chi connectivity index (χ0) is 32.3. The van der Waals surface area contributed by atoms with Crippen molar-refractivity contribution in [1.82, 2.24) is 24.3 Å². The number of fused-ring (bicyclic) bond motifs is 6. The average Bonchev–Trinajstić information content (AvgIpc) is 3.58. The van der Waals surface area contributed by atoms with Crippen LogP contribution in [0, 0.1) is 17.9 Å². The van der Waals surface area contributed by atoms with Crippen molar-refractivity contribution in [3.8, 4) is 11.3 Å². The molecule has 46 heavy (non-hydrogen) atoms. The Kier molecular flexibility index (Phi) is 11.5. The number of hydrogen-bond acceptors (Lipinski definition) is 7. The molecule has 243 valence electrons. The molecule has 4 aromatic heterocycles. The summed E-state index contributed by atoms with van der Waals surface area (Å²) in [5, 5.41) is 12.1. The summed E-state index contributed by atoms with van der Waals surface area (Å²) in [6.07, 6.45) is 10.3. The zero-order valence-corrected chi connectivity index (χ0v) is 30.8. The summed E-state index contributed by atoms with van der Waals surface area (Å²) >= 11 is 1.65. The van der Waals surface area contributed by atoms with E-state index in [1.54, 1.807) is 23.9 Å². The van der Waals surface area contributed by atoms with Crippen molar-refractivity contribution in [2.75, 3.05) is 0 Å². The third-order valence-electron chi connectivity index (χ3n) is 8.51. The van der Waals surface area contributed by atoms with Crippen LogP contribution in [-0.4, -0.2) is 35.2 Å². The topological polar surface area (TPSA) is 93.3 Å². The normalized spacial score (nSPS) is 12.2. The van der Waals surface area contributed by atoms with Crippen LogP contribution < -0.4 is 0 Å². The molecule has 0 aliphatic heterocycles. The van der Waals surface area contributed by atoms with Crippen LogP contribution in [0.1, 0.15) is 79.7 Å². The van der Waals surface area contributed by atoms with E-state index >= 15 is 0 Å². The van der Waals surface area contributed by atoms with Gasteiger partial charge in [-0.25, -0.2) is 15.0 Å². The van der Waals surface area contributed by atoms with Crippen LogP contribution in [-0.2, 0) is 30.3 Å². The largest absolute Gasteiger partial charge is 0.512 e. The number of carbonyl (C=O) groups excluding carboxylic acids is 1. The van der Waals surface area contributed by atoms with Gasteiger partial charge in [-0.2, -0.15) is 0 Å². The number of nitrogens with zero attached hydrogens (tertiary/aromatic N) is 5. The number of allylic oxidation sites excluding steroid dienone is 2. The summed E-state index contributed by atoms with van der Waals surface area (Å²) in [6.45, 7) is 14.8. The molecule has 4 heterocycles. The maximum Gasteiger partial charge on any atom is 0.235 e. The van der Waals surface area contributed by atoms with Crippen molar-refractivity contribution in [2.45, 2.75) is 79.6 Å². The van der Waals surface area contributed by atoms with Crippen molar-refractivity contribution in [3.63, 3.8) is 0 Å². The van der Waals surface area contributed by atoms with Crippen molar-refractivity contribution < 1.29 is 30.0 Å². The summed E-state index contributed by atoms with van der Waals surface area (Å²) in [5.74, 6) is 1.24. The minimum Gasteiger partial charge on any atom is -0.512 e. The Morgan fingerprint density at radius 1 is 0.978 bits per heavy atom. The molecule has 7 nitrogen and oxygen atoms in total. The van der Waals surface area contributed by atoms with Gasteiger partial charge in [-0.05, 0) is 37.2 Å². The SMILES string of the molecule is CC(C)(C)c1cc(-c2ncnc3c2sc2c3nc3ncccn32)[c-]c2ccccc12.CCC(CC)C(=O)/C=C(\O)C(CC)CC.[Ir]. The fourth-order valence-electron chi connectivity index (χ4n) is 5.80. The third-order valence-corrected chi connectivity index (χ3v) is 9.68. The molecule has 0 fully saturated rings.